The van der Waals surface area contributed by atoms with Gasteiger partial charge in [0.25, 0.3) is 0 Å². The third-order valence-corrected chi connectivity index (χ3v) is 5.50. The summed E-state index contributed by atoms with van der Waals surface area (Å²) >= 11 is 1.46. The molecule has 1 aliphatic heterocycles. The minimum Gasteiger partial charge on any atom is -0.367 e. The molecule has 1 aromatic carbocycles. The van der Waals surface area contributed by atoms with Gasteiger partial charge in [0.05, 0.1) is 10.8 Å². The zero-order chi connectivity index (χ0) is 16.5. The first-order chi connectivity index (χ1) is 11.7. The third kappa shape index (κ3) is 3.34. The second-order valence-corrected chi connectivity index (χ2v) is 7.89. The third-order valence-electron chi connectivity index (χ3n) is 4.55. The lowest BCUT2D eigenvalue weighted by molar-refractivity contribution is -0.129. The number of carbonyl (C=O) groups excluding carboxylic acids is 1. The van der Waals surface area contributed by atoms with Crippen molar-refractivity contribution in [3.63, 3.8) is 0 Å². The number of nitrogens with zero attached hydrogens (tertiary/aromatic N) is 3. The molecule has 2 heterocycles. The van der Waals surface area contributed by atoms with Gasteiger partial charge in [0.2, 0.25) is 5.91 Å². The first-order valence-corrected chi connectivity index (χ1v) is 9.57. The number of likely N-dealkylation sites (tertiary alicyclic amines) is 1. The van der Waals surface area contributed by atoms with E-state index in [-0.39, 0.29) is 11.2 Å². The van der Waals surface area contributed by atoms with E-state index in [1.54, 1.807) is 0 Å². The number of rotatable bonds is 5. The number of aromatic nitrogens is 2. The Bertz CT molecular complexity index is 756. The number of hydrogen-bond donors (Lipinski definition) is 1. The highest BCUT2D eigenvalue weighted by atomic mass is 32.2. The number of benzene rings is 1. The summed E-state index contributed by atoms with van der Waals surface area (Å²) in [6, 6.07) is 8.59. The fraction of sp³-hybridized carbons (Fsp3) is 0.500. The van der Waals surface area contributed by atoms with E-state index in [1.807, 2.05) is 36.1 Å². The van der Waals surface area contributed by atoms with E-state index in [2.05, 4.69) is 10.3 Å². The van der Waals surface area contributed by atoms with Crippen LogP contribution in [-0.4, -0.2) is 45.2 Å². The molecule has 0 bridgehead atoms. The van der Waals surface area contributed by atoms with Gasteiger partial charge in [-0.3, -0.25) is 4.79 Å². The van der Waals surface area contributed by atoms with Crippen LogP contribution in [0.4, 0.5) is 5.82 Å². The van der Waals surface area contributed by atoms with Crippen LogP contribution in [-0.2, 0) is 4.79 Å². The lowest BCUT2D eigenvalue weighted by atomic mass is 10.2. The summed E-state index contributed by atoms with van der Waals surface area (Å²) in [5, 5.41) is 5.07. The average Bonchev–Trinajstić information content (AvgIpc) is 3.23. The predicted octanol–water partition coefficient (Wildman–Crippen LogP) is 3.31. The number of carbonyl (C=O) groups is 1. The van der Waals surface area contributed by atoms with Crippen LogP contribution in [0.2, 0.25) is 0 Å². The van der Waals surface area contributed by atoms with Crippen molar-refractivity contribution in [2.45, 2.75) is 49.1 Å². The number of amides is 1. The quantitative estimate of drug-likeness (QED) is 0.667. The second-order valence-electron chi connectivity index (χ2n) is 6.58. The van der Waals surface area contributed by atoms with Gasteiger partial charge >= 0.3 is 0 Å². The van der Waals surface area contributed by atoms with Gasteiger partial charge in [-0.15, -0.1) is 0 Å². The van der Waals surface area contributed by atoms with Crippen LogP contribution in [0.1, 0.15) is 32.6 Å². The summed E-state index contributed by atoms with van der Waals surface area (Å²) in [7, 11) is 0. The van der Waals surface area contributed by atoms with Gasteiger partial charge in [-0.2, -0.15) is 0 Å². The van der Waals surface area contributed by atoms with Crippen molar-refractivity contribution in [1.82, 2.24) is 14.9 Å². The minimum absolute atomic E-state index is 0.155. The maximum atomic E-state index is 12.5. The predicted molar refractivity (Wildman–Crippen MR) is 97.3 cm³/mol. The van der Waals surface area contributed by atoms with Crippen LogP contribution in [0.3, 0.4) is 0 Å². The number of thioether (sulfide) groups is 1. The summed E-state index contributed by atoms with van der Waals surface area (Å²) < 4.78 is 0. The Hall–Kier alpha value is -1.82. The molecule has 1 atom stereocenters. The second kappa shape index (κ2) is 6.59. The van der Waals surface area contributed by atoms with E-state index in [0.717, 1.165) is 42.7 Å². The van der Waals surface area contributed by atoms with Gasteiger partial charge < -0.3 is 10.2 Å². The van der Waals surface area contributed by atoms with Crippen LogP contribution in [0, 0.1) is 0 Å². The van der Waals surface area contributed by atoms with Gasteiger partial charge in [0, 0.05) is 24.5 Å². The lowest BCUT2D eigenvalue weighted by Gasteiger charge is -2.19. The molecular weight excluding hydrogens is 320 g/mol. The standard InChI is InChI=1S/C18H22N4OS/c1-12(17(23)22-10-4-5-11-22)24-18-20-15-7-3-2-6-14(15)16(21-18)19-13-8-9-13/h2-3,6-7,12-13H,4-5,8-11H2,1H3,(H,19,20,21)/t12-/m0/s1. The molecule has 2 fully saturated rings. The molecule has 1 amide bonds. The highest BCUT2D eigenvalue weighted by Gasteiger charge is 2.26. The van der Waals surface area contributed by atoms with Gasteiger partial charge in [-0.05, 0) is 44.7 Å². The van der Waals surface area contributed by atoms with Gasteiger partial charge in [-0.25, -0.2) is 9.97 Å². The van der Waals surface area contributed by atoms with Crippen LogP contribution >= 0.6 is 11.8 Å². The van der Waals surface area contributed by atoms with E-state index in [4.69, 9.17) is 4.98 Å². The topological polar surface area (TPSA) is 58.1 Å². The van der Waals surface area contributed by atoms with Gasteiger partial charge in [0.1, 0.15) is 5.82 Å². The fourth-order valence-corrected chi connectivity index (χ4v) is 3.90. The van der Waals surface area contributed by atoms with E-state index >= 15 is 0 Å². The maximum absolute atomic E-state index is 12.5. The molecule has 6 heteroatoms. The average molecular weight is 342 g/mol. The molecule has 24 heavy (non-hydrogen) atoms. The lowest BCUT2D eigenvalue weighted by Crippen LogP contribution is -2.34. The molecule has 2 aromatic rings. The Morgan fingerprint density at radius 2 is 2.00 bits per heavy atom. The highest BCUT2D eigenvalue weighted by Crippen LogP contribution is 2.31. The van der Waals surface area contributed by atoms with E-state index in [1.165, 1.54) is 24.6 Å². The highest BCUT2D eigenvalue weighted by molar-refractivity contribution is 8.00. The Morgan fingerprint density at radius 1 is 1.25 bits per heavy atom. The van der Waals surface area contributed by atoms with Gasteiger partial charge in [0.15, 0.2) is 5.16 Å². The Kier molecular flexibility index (Phi) is 4.31. The Labute approximate surface area is 146 Å². The molecule has 0 radical (unpaired) electrons. The van der Waals surface area contributed by atoms with Gasteiger partial charge in [-0.1, -0.05) is 23.9 Å². The number of nitrogens with one attached hydrogen (secondary N) is 1. The number of fused-ring (bicyclic) bond motifs is 1. The molecular formula is C18H22N4OS. The van der Waals surface area contributed by atoms with Crippen molar-refractivity contribution in [2.75, 3.05) is 18.4 Å². The summed E-state index contributed by atoms with van der Waals surface area (Å²) in [6.45, 7) is 3.73. The molecule has 5 nitrogen and oxygen atoms in total. The molecule has 0 unspecified atom stereocenters. The first-order valence-electron chi connectivity index (χ1n) is 8.69. The molecule has 0 spiro atoms. The van der Waals surface area contributed by atoms with Crippen LogP contribution in [0.15, 0.2) is 29.4 Å². The van der Waals surface area contributed by atoms with Crippen LogP contribution in [0.5, 0.6) is 0 Å². The number of anilines is 1. The summed E-state index contributed by atoms with van der Waals surface area (Å²) in [5.74, 6) is 1.09. The molecule has 4 rings (SSSR count). The van der Waals surface area contributed by atoms with Crippen molar-refractivity contribution >= 4 is 34.4 Å². The van der Waals surface area contributed by atoms with E-state index < -0.39 is 0 Å². The SMILES string of the molecule is C[C@H](Sc1nc(NC2CC2)c2ccccc2n1)C(=O)N1CCCC1. The minimum atomic E-state index is -0.155. The van der Waals surface area contributed by atoms with Crippen LogP contribution < -0.4 is 5.32 Å². The molecule has 126 valence electrons. The Morgan fingerprint density at radius 3 is 2.75 bits per heavy atom. The smallest absolute Gasteiger partial charge is 0.235 e. The maximum Gasteiger partial charge on any atom is 0.235 e. The largest absolute Gasteiger partial charge is 0.367 e. The van der Waals surface area contributed by atoms with Crippen molar-refractivity contribution in [3.05, 3.63) is 24.3 Å². The monoisotopic (exact) mass is 342 g/mol. The van der Waals surface area contributed by atoms with E-state index in [0.29, 0.717) is 11.2 Å². The molecule has 1 saturated heterocycles. The molecule has 1 aliphatic carbocycles. The normalized spacial score (nSPS) is 18.8. The van der Waals surface area contributed by atoms with Crippen molar-refractivity contribution in [1.29, 1.82) is 0 Å². The first kappa shape index (κ1) is 15.7. The summed E-state index contributed by atoms with van der Waals surface area (Å²) in [5.41, 5.74) is 0.930. The van der Waals surface area contributed by atoms with Crippen LogP contribution in [0.25, 0.3) is 10.9 Å². The number of hydrogen-bond acceptors (Lipinski definition) is 5. The summed E-state index contributed by atoms with van der Waals surface area (Å²) in [4.78, 5) is 23.8. The fourth-order valence-electron chi connectivity index (χ4n) is 3.04. The molecule has 1 aromatic heterocycles. The number of para-hydroxylation sites is 1. The van der Waals surface area contributed by atoms with Crippen molar-refractivity contribution in [3.8, 4) is 0 Å². The van der Waals surface area contributed by atoms with Crippen molar-refractivity contribution in [2.24, 2.45) is 0 Å². The Balaban J connectivity index is 1.57. The zero-order valence-corrected chi connectivity index (χ0v) is 14.7. The zero-order valence-electron chi connectivity index (χ0n) is 13.9. The molecule has 2 aliphatic rings. The summed E-state index contributed by atoms with van der Waals surface area (Å²) in [6.07, 6.45) is 4.63. The molecule has 1 saturated carbocycles. The molecule has 1 N–H and O–H groups in total. The van der Waals surface area contributed by atoms with Crippen molar-refractivity contribution < 1.29 is 4.79 Å². The van der Waals surface area contributed by atoms with E-state index in [9.17, 15) is 4.79 Å².